The van der Waals surface area contributed by atoms with Crippen LogP contribution in [-0.2, 0) is 35.2 Å². The zero-order valence-electron chi connectivity index (χ0n) is 17.8. The molecular weight excluding hydrogens is 436 g/mol. The number of rotatable bonds is 14. The number of carboxylic acid groups (broad SMARTS) is 1. The summed E-state index contributed by atoms with van der Waals surface area (Å²) in [6, 6.07) is 4.73. The number of benzene rings is 1. The Morgan fingerprint density at radius 3 is 2.00 bits per heavy atom. The predicted molar refractivity (Wildman–Crippen MR) is 115 cm³/mol. The molecule has 0 aliphatic carbocycles. The smallest absolute Gasteiger partial charge is 0.322 e. The maximum atomic E-state index is 12.8. The average Bonchev–Trinajstić information content (AvgIpc) is 2.74. The molecule has 0 radical (unpaired) electrons. The number of carbonyl (C=O) groups excluding carboxylic acids is 5. The van der Waals surface area contributed by atoms with Crippen molar-refractivity contribution in [2.24, 2.45) is 17.2 Å². The molecule has 0 spiro atoms. The summed E-state index contributed by atoms with van der Waals surface area (Å²) in [5, 5.41) is 15.7. The first-order valence-electron chi connectivity index (χ1n) is 9.96. The Kier molecular flexibility index (Phi) is 11.0. The molecule has 0 fully saturated rings. The Morgan fingerprint density at radius 2 is 1.45 bits per heavy atom. The summed E-state index contributed by atoms with van der Waals surface area (Å²) in [5.41, 5.74) is 16.5. The molecule has 0 aliphatic heterocycles. The fourth-order valence-electron chi connectivity index (χ4n) is 2.74. The van der Waals surface area contributed by atoms with Crippen LogP contribution in [0.5, 0.6) is 0 Å². The van der Waals surface area contributed by atoms with Gasteiger partial charge in [0.05, 0.1) is 12.5 Å². The van der Waals surface area contributed by atoms with Gasteiger partial charge in [-0.05, 0) is 12.0 Å². The largest absolute Gasteiger partial charge is 0.480 e. The van der Waals surface area contributed by atoms with Gasteiger partial charge in [0.15, 0.2) is 0 Å². The molecule has 1 aromatic carbocycles. The van der Waals surface area contributed by atoms with Gasteiger partial charge in [-0.1, -0.05) is 30.3 Å². The molecule has 0 aliphatic rings. The number of amides is 5. The lowest BCUT2D eigenvalue weighted by Crippen LogP contribution is -2.57. The summed E-state index contributed by atoms with van der Waals surface area (Å²) < 4.78 is 0. The summed E-state index contributed by atoms with van der Waals surface area (Å²) >= 11 is 0. The minimum atomic E-state index is -1.46. The Labute approximate surface area is 189 Å². The van der Waals surface area contributed by atoms with E-state index < -0.39 is 66.6 Å². The highest BCUT2D eigenvalue weighted by Gasteiger charge is 2.29. The Bertz CT molecular complexity index is 877. The van der Waals surface area contributed by atoms with E-state index in [1.165, 1.54) is 0 Å². The third-order valence-corrected chi connectivity index (χ3v) is 4.41. The second-order valence-electron chi connectivity index (χ2n) is 7.21. The van der Waals surface area contributed by atoms with Crippen LogP contribution in [0.15, 0.2) is 30.3 Å². The quantitative estimate of drug-likeness (QED) is 0.148. The van der Waals surface area contributed by atoms with E-state index in [1.807, 2.05) is 0 Å². The fraction of sp³-hybridized carbons (Fsp3) is 0.400. The van der Waals surface area contributed by atoms with Crippen molar-refractivity contribution < 1.29 is 33.9 Å². The number of primary amides is 2. The van der Waals surface area contributed by atoms with Crippen LogP contribution in [-0.4, -0.2) is 65.3 Å². The maximum Gasteiger partial charge on any atom is 0.322 e. The molecule has 33 heavy (non-hydrogen) atoms. The molecule has 1 aromatic rings. The van der Waals surface area contributed by atoms with Crippen LogP contribution in [0.3, 0.4) is 0 Å². The molecule has 3 atom stereocenters. The maximum absolute atomic E-state index is 12.8. The molecule has 180 valence electrons. The van der Waals surface area contributed by atoms with Crippen molar-refractivity contribution >= 4 is 35.5 Å². The first-order chi connectivity index (χ1) is 15.5. The van der Waals surface area contributed by atoms with Gasteiger partial charge in [-0.25, -0.2) is 0 Å². The molecule has 0 saturated heterocycles. The van der Waals surface area contributed by atoms with Crippen molar-refractivity contribution in [3.05, 3.63) is 35.9 Å². The monoisotopic (exact) mass is 464 g/mol. The van der Waals surface area contributed by atoms with Crippen LogP contribution in [0, 0.1) is 0 Å². The van der Waals surface area contributed by atoms with E-state index in [2.05, 4.69) is 16.0 Å². The molecule has 10 N–H and O–H groups in total. The van der Waals surface area contributed by atoms with Gasteiger partial charge < -0.3 is 38.3 Å². The number of carboxylic acids is 1. The first kappa shape index (κ1) is 27.0. The van der Waals surface area contributed by atoms with Crippen LogP contribution < -0.4 is 33.2 Å². The highest BCUT2D eigenvalue weighted by atomic mass is 16.4. The molecule has 0 bridgehead atoms. The van der Waals surface area contributed by atoms with Gasteiger partial charge in [0.2, 0.25) is 29.5 Å². The third-order valence-electron chi connectivity index (χ3n) is 4.41. The topological polar surface area (TPSA) is 237 Å². The van der Waals surface area contributed by atoms with Crippen LogP contribution in [0.1, 0.15) is 24.8 Å². The molecule has 0 heterocycles. The van der Waals surface area contributed by atoms with Gasteiger partial charge in [0, 0.05) is 12.8 Å². The minimum absolute atomic E-state index is 0.00734. The number of carbonyl (C=O) groups is 6. The normalized spacial score (nSPS) is 13.1. The van der Waals surface area contributed by atoms with E-state index >= 15 is 0 Å². The SMILES string of the molecule is NC(=O)CCC(N)C(=O)NC(CC(N)=O)C(=O)NC(Cc1ccccc1)C(=O)NCC(=O)O. The van der Waals surface area contributed by atoms with E-state index in [9.17, 15) is 28.8 Å². The van der Waals surface area contributed by atoms with Crippen LogP contribution in [0.4, 0.5) is 0 Å². The van der Waals surface area contributed by atoms with Gasteiger partial charge in [0.25, 0.3) is 0 Å². The van der Waals surface area contributed by atoms with E-state index in [0.717, 1.165) is 0 Å². The Hall–Kier alpha value is -4.00. The molecule has 3 unspecified atom stereocenters. The zero-order chi connectivity index (χ0) is 25.0. The van der Waals surface area contributed by atoms with Crippen LogP contribution in [0.25, 0.3) is 0 Å². The van der Waals surface area contributed by atoms with E-state index in [-0.39, 0.29) is 19.3 Å². The number of nitrogens with one attached hydrogen (secondary N) is 3. The molecule has 1 rings (SSSR count). The highest BCUT2D eigenvalue weighted by molar-refractivity contribution is 5.96. The highest BCUT2D eigenvalue weighted by Crippen LogP contribution is 2.05. The molecule has 5 amide bonds. The zero-order valence-corrected chi connectivity index (χ0v) is 17.8. The standard InChI is InChI=1S/C20H28N6O7/c21-12(6-7-15(22)27)18(31)25-14(9-16(23)28)20(33)26-13(19(32)24-10-17(29)30)8-11-4-2-1-3-5-11/h1-5,12-14H,6-10,21H2,(H2,22,27)(H2,23,28)(H,24,32)(H,25,31)(H,26,33)(H,29,30). The molecule has 13 nitrogen and oxygen atoms in total. The lowest BCUT2D eigenvalue weighted by atomic mass is 10.0. The second kappa shape index (κ2) is 13.4. The van der Waals surface area contributed by atoms with Gasteiger partial charge in [-0.2, -0.15) is 0 Å². The lowest BCUT2D eigenvalue weighted by Gasteiger charge is -2.23. The average molecular weight is 464 g/mol. The number of hydrogen-bond donors (Lipinski definition) is 7. The molecule has 13 heteroatoms. The van der Waals surface area contributed by atoms with Crippen molar-refractivity contribution in [1.29, 1.82) is 0 Å². The minimum Gasteiger partial charge on any atom is -0.480 e. The summed E-state index contributed by atoms with van der Waals surface area (Å²) in [7, 11) is 0. The van der Waals surface area contributed by atoms with Crippen molar-refractivity contribution in [3.63, 3.8) is 0 Å². The Balaban J connectivity index is 2.96. The van der Waals surface area contributed by atoms with Crippen molar-refractivity contribution in [1.82, 2.24) is 16.0 Å². The first-order valence-corrected chi connectivity index (χ1v) is 9.96. The lowest BCUT2D eigenvalue weighted by molar-refractivity contribution is -0.138. The molecular formula is C20H28N6O7. The van der Waals surface area contributed by atoms with Crippen LogP contribution in [0.2, 0.25) is 0 Å². The van der Waals surface area contributed by atoms with Crippen molar-refractivity contribution in [3.8, 4) is 0 Å². The third kappa shape index (κ3) is 10.7. The number of hydrogen-bond acceptors (Lipinski definition) is 7. The summed E-state index contributed by atoms with van der Waals surface area (Å²) in [4.78, 5) is 70.6. The van der Waals surface area contributed by atoms with Crippen molar-refractivity contribution in [2.75, 3.05) is 6.54 Å². The van der Waals surface area contributed by atoms with Gasteiger partial charge in [0.1, 0.15) is 18.6 Å². The summed E-state index contributed by atoms with van der Waals surface area (Å²) in [6.45, 7) is -0.670. The van der Waals surface area contributed by atoms with E-state index in [4.69, 9.17) is 22.3 Å². The Morgan fingerprint density at radius 1 is 0.848 bits per heavy atom. The van der Waals surface area contributed by atoms with Gasteiger partial charge >= 0.3 is 5.97 Å². The van der Waals surface area contributed by atoms with E-state index in [1.54, 1.807) is 30.3 Å². The van der Waals surface area contributed by atoms with Gasteiger partial charge in [-0.3, -0.25) is 28.8 Å². The summed E-state index contributed by atoms with van der Waals surface area (Å²) in [5.74, 6) is -5.37. The predicted octanol–water partition coefficient (Wildman–Crippen LogP) is -3.13. The van der Waals surface area contributed by atoms with Gasteiger partial charge in [-0.15, -0.1) is 0 Å². The molecule has 0 aromatic heterocycles. The molecule has 0 saturated carbocycles. The van der Waals surface area contributed by atoms with Crippen LogP contribution >= 0.6 is 0 Å². The summed E-state index contributed by atoms with van der Waals surface area (Å²) in [6.07, 6.45) is -0.827. The fourth-order valence-corrected chi connectivity index (χ4v) is 2.74. The number of aliphatic carboxylic acids is 1. The number of nitrogens with two attached hydrogens (primary N) is 3. The van der Waals surface area contributed by atoms with Crippen molar-refractivity contribution in [2.45, 2.75) is 43.8 Å². The van der Waals surface area contributed by atoms with E-state index in [0.29, 0.717) is 5.56 Å². The second-order valence-corrected chi connectivity index (χ2v) is 7.21.